The van der Waals surface area contributed by atoms with Crippen LogP contribution in [0.25, 0.3) is 0 Å². The van der Waals surface area contributed by atoms with E-state index in [9.17, 15) is 0 Å². The second-order valence-electron chi connectivity index (χ2n) is 4.33. The van der Waals surface area contributed by atoms with E-state index in [1.165, 1.54) is 27.8 Å². The molecule has 0 saturated heterocycles. The summed E-state index contributed by atoms with van der Waals surface area (Å²) < 4.78 is 0. The highest BCUT2D eigenvalue weighted by atomic mass is 14.1. The summed E-state index contributed by atoms with van der Waals surface area (Å²) in [5.41, 5.74) is 6.97. The van der Waals surface area contributed by atoms with Crippen molar-refractivity contribution in [1.82, 2.24) is 0 Å². The molecule has 0 amide bonds. The maximum absolute atomic E-state index is 3.95. The molecule has 0 heterocycles. The average Bonchev–Trinajstić information content (AvgIpc) is 2.18. The van der Waals surface area contributed by atoms with E-state index in [0.29, 0.717) is 0 Å². The molecule has 1 aromatic carbocycles. The highest BCUT2D eigenvalue weighted by Crippen LogP contribution is 2.19. The quantitative estimate of drug-likeness (QED) is 0.616. The Morgan fingerprint density at radius 2 is 1.50 bits per heavy atom. The Bertz CT molecular complexity index is 322. The molecule has 0 fully saturated rings. The van der Waals surface area contributed by atoms with Crippen molar-refractivity contribution in [2.75, 3.05) is 0 Å². The number of rotatable bonds is 3. The van der Waals surface area contributed by atoms with E-state index in [2.05, 4.69) is 46.4 Å². The van der Waals surface area contributed by atoms with Gasteiger partial charge in [-0.3, -0.25) is 0 Å². The van der Waals surface area contributed by atoms with E-state index in [4.69, 9.17) is 0 Å². The van der Waals surface area contributed by atoms with Crippen LogP contribution in [-0.2, 0) is 6.42 Å². The Hall–Kier alpha value is -1.04. The molecule has 0 saturated carbocycles. The predicted molar refractivity (Wildman–Crippen MR) is 75.1 cm³/mol. The number of aryl methyl sites for hydroxylation is 3. The molecule has 16 heavy (non-hydrogen) atoms. The molecule has 0 atom stereocenters. The van der Waals surface area contributed by atoms with Crippen molar-refractivity contribution in [2.45, 2.75) is 54.4 Å². The predicted octanol–water partition coefficient (Wildman–Crippen LogP) is 5.15. The largest absolute Gasteiger partial charge is 0.100 e. The van der Waals surface area contributed by atoms with E-state index in [-0.39, 0.29) is 0 Å². The Morgan fingerprint density at radius 3 is 1.88 bits per heavy atom. The van der Waals surface area contributed by atoms with Crippen molar-refractivity contribution in [3.05, 3.63) is 46.5 Å². The third kappa shape index (κ3) is 4.65. The summed E-state index contributed by atoms with van der Waals surface area (Å²) in [7, 11) is 0. The fraction of sp³-hybridized carbons (Fsp3) is 0.500. The maximum Gasteiger partial charge on any atom is -0.0236 e. The fourth-order valence-corrected chi connectivity index (χ4v) is 1.94. The van der Waals surface area contributed by atoms with Crippen LogP contribution in [0.1, 0.15) is 49.4 Å². The van der Waals surface area contributed by atoms with Gasteiger partial charge >= 0.3 is 0 Å². The fourth-order valence-electron chi connectivity index (χ4n) is 1.94. The molecule has 0 spiro atoms. The van der Waals surface area contributed by atoms with E-state index in [1.807, 2.05) is 13.8 Å². The SMILES string of the molecule is C=C(C)CCc1c(C)cc(C)cc1C.CC. The van der Waals surface area contributed by atoms with Crippen molar-refractivity contribution in [1.29, 1.82) is 0 Å². The van der Waals surface area contributed by atoms with E-state index >= 15 is 0 Å². The van der Waals surface area contributed by atoms with Crippen LogP contribution in [0, 0.1) is 20.8 Å². The maximum atomic E-state index is 3.95. The summed E-state index contributed by atoms with van der Waals surface area (Å²) in [4.78, 5) is 0. The number of allylic oxidation sites excluding steroid dienone is 1. The molecule has 0 N–H and O–H groups in total. The lowest BCUT2D eigenvalue weighted by Crippen LogP contribution is -1.95. The summed E-state index contributed by atoms with van der Waals surface area (Å²) in [5, 5.41) is 0. The summed E-state index contributed by atoms with van der Waals surface area (Å²) in [6.07, 6.45) is 2.23. The zero-order valence-electron chi connectivity index (χ0n) is 11.8. The topological polar surface area (TPSA) is 0 Å². The normalized spacial score (nSPS) is 9.38. The Balaban J connectivity index is 0.00000106. The minimum atomic E-state index is 1.10. The zero-order chi connectivity index (χ0) is 12.7. The second kappa shape index (κ2) is 7.27. The van der Waals surface area contributed by atoms with Gasteiger partial charge in [-0.25, -0.2) is 0 Å². The summed E-state index contributed by atoms with van der Waals surface area (Å²) in [6.45, 7) is 16.6. The molecular weight excluding hydrogens is 192 g/mol. The molecule has 0 unspecified atom stereocenters. The van der Waals surface area contributed by atoms with Gasteiger partial charge in [0, 0.05) is 0 Å². The second-order valence-corrected chi connectivity index (χ2v) is 4.33. The van der Waals surface area contributed by atoms with E-state index in [0.717, 1.165) is 12.8 Å². The van der Waals surface area contributed by atoms with Crippen LogP contribution in [0.2, 0.25) is 0 Å². The summed E-state index contributed by atoms with van der Waals surface area (Å²) in [5.74, 6) is 0. The summed E-state index contributed by atoms with van der Waals surface area (Å²) >= 11 is 0. The van der Waals surface area contributed by atoms with Crippen molar-refractivity contribution in [2.24, 2.45) is 0 Å². The van der Waals surface area contributed by atoms with Gasteiger partial charge in [0.05, 0.1) is 0 Å². The molecule has 0 aliphatic carbocycles. The van der Waals surface area contributed by atoms with Gasteiger partial charge in [0.25, 0.3) is 0 Å². The molecule has 90 valence electrons. The first-order chi connectivity index (χ1) is 7.50. The first kappa shape index (κ1) is 15.0. The van der Waals surface area contributed by atoms with Crippen molar-refractivity contribution < 1.29 is 0 Å². The molecule has 1 rings (SSSR count). The summed E-state index contributed by atoms with van der Waals surface area (Å²) in [6, 6.07) is 4.53. The number of hydrogen-bond acceptors (Lipinski definition) is 0. The molecule has 0 nitrogen and oxygen atoms in total. The van der Waals surface area contributed by atoms with Crippen LogP contribution >= 0.6 is 0 Å². The highest BCUT2D eigenvalue weighted by Gasteiger charge is 2.03. The van der Waals surface area contributed by atoms with Gasteiger partial charge in [-0.1, -0.05) is 37.1 Å². The molecular formula is C16H26. The lowest BCUT2D eigenvalue weighted by molar-refractivity contribution is 0.924. The van der Waals surface area contributed by atoms with Crippen molar-refractivity contribution in [3.63, 3.8) is 0 Å². The van der Waals surface area contributed by atoms with Gasteiger partial charge in [0.15, 0.2) is 0 Å². The van der Waals surface area contributed by atoms with Crippen LogP contribution in [0.15, 0.2) is 24.3 Å². The Labute approximate surface area is 101 Å². The van der Waals surface area contributed by atoms with Gasteiger partial charge in [0.1, 0.15) is 0 Å². The Kier molecular flexibility index (Phi) is 6.80. The highest BCUT2D eigenvalue weighted by molar-refractivity contribution is 5.37. The average molecular weight is 218 g/mol. The standard InChI is InChI=1S/C14H20.C2H6/c1-10(2)6-7-14-12(4)8-11(3)9-13(14)5;1-2/h8-9H,1,6-7H2,2-5H3;1-2H3. The zero-order valence-corrected chi connectivity index (χ0v) is 11.8. The van der Waals surface area contributed by atoms with Gasteiger partial charge < -0.3 is 0 Å². The monoisotopic (exact) mass is 218 g/mol. The third-order valence-corrected chi connectivity index (χ3v) is 2.64. The lowest BCUT2D eigenvalue weighted by atomic mass is 9.95. The van der Waals surface area contributed by atoms with Crippen LogP contribution in [0.4, 0.5) is 0 Å². The molecule has 0 aromatic heterocycles. The Morgan fingerprint density at radius 1 is 1.06 bits per heavy atom. The molecule has 0 radical (unpaired) electrons. The van der Waals surface area contributed by atoms with Crippen molar-refractivity contribution >= 4 is 0 Å². The van der Waals surface area contributed by atoms with Crippen LogP contribution in [0.3, 0.4) is 0 Å². The van der Waals surface area contributed by atoms with Crippen LogP contribution in [-0.4, -0.2) is 0 Å². The van der Waals surface area contributed by atoms with Gasteiger partial charge in [-0.05, 0) is 57.2 Å². The minimum Gasteiger partial charge on any atom is -0.100 e. The van der Waals surface area contributed by atoms with E-state index in [1.54, 1.807) is 0 Å². The number of hydrogen-bond donors (Lipinski definition) is 0. The van der Waals surface area contributed by atoms with E-state index < -0.39 is 0 Å². The van der Waals surface area contributed by atoms with Gasteiger partial charge in [-0.2, -0.15) is 0 Å². The van der Waals surface area contributed by atoms with Crippen molar-refractivity contribution in [3.8, 4) is 0 Å². The van der Waals surface area contributed by atoms with Crippen LogP contribution < -0.4 is 0 Å². The molecule has 0 aliphatic rings. The molecule has 1 aromatic rings. The first-order valence-corrected chi connectivity index (χ1v) is 6.22. The molecule has 0 aliphatic heterocycles. The smallest absolute Gasteiger partial charge is 0.0236 e. The first-order valence-electron chi connectivity index (χ1n) is 6.22. The van der Waals surface area contributed by atoms with Gasteiger partial charge in [-0.15, -0.1) is 6.58 Å². The van der Waals surface area contributed by atoms with Gasteiger partial charge in [0.2, 0.25) is 0 Å². The lowest BCUT2D eigenvalue weighted by Gasteiger charge is -2.11. The third-order valence-electron chi connectivity index (χ3n) is 2.64. The number of benzene rings is 1. The van der Waals surface area contributed by atoms with Crippen LogP contribution in [0.5, 0.6) is 0 Å². The minimum absolute atomic E-state index is 1.10. The molecule has 0 heteroatoms. The molecule has 0 bridgehead atoms.